The van der Waals surface area contributed by atoms with Crippen LogP contribution >= 0.6 is 11.6 Å². The van der Waals surface area contributed by atoms with E-state index < -0.39 is 28.6 Å². The summed E-state index contributed by atoms with van der Waals surface area (Å²) in [6, 6.07) is 18.3. The minimum atomic E-state index is -3.99. The zero-order valence-corrected chi connectivity index (χ0v) is 18.3. The maximum atomic E-state index is 13.6. The number of sulfonamides is 1. The van der Waals surface area contributed by atoms with Crippen LogP contribution in [0.2, 0.25) is 5.02 Å². The van der Waals surface area contributed by atoms with E-state index in [1.54, 1.807) is 55.5 Å². The molecule has 3 aromatic rings. The van der Waals surface area contributed by atoms with Gasteiger partial charge in [-0.1, -0.05) is 48.0 Å². The minimum Gasteiger partial charge on any atom is -0.478 e. The molecule has 0 aliphatic heterocycles. The Morgan fingerprint density at radius 3 is 2.23 bits per heavy atom. The average molecular weight is 460 g/mol. The first-order valence-corrected chi connectivity index (χ1v) is 11.3. The second-order valence-electron chi connectivity index (χ2n) is 7.06. The number of aryl methyl sites for hydroxylation is 1. The van der Waals surface area contributed by atoms with Crippen LogP contribution in [0.4, 0.5) is 0 Å². The fourth-order valence-electron chi connectivity index (χ4n) is 3.31. The van der Waals surface area contributed by atoms with Crippen molar-refractivity contribution in [1.29, 1.82) is 0 Å². The van der Waals surface area contributed by atoms with Crippen molar-refractivity contribution in [2.45, 2.75) is 24.4 Å². The van der Waals surface area contributed by atoms with Crippen molar-refractivity contribution in [3.8, 4) is 0 Å². The predicted molar refractivity (Wildman–Crippen MR) is 119 cm³/mol. The highest BCUT2D eigenvalue weighted by atomic mass is 35.5. The van der Waals surface area contributed by atoms with Crippen molar-refractivity contribution < 1.29 is 23.4 Å². The zero-order valence-electron chi connectivity index (χ0n) is 16.8. The number of hydrogen-bond acceptors (Lipinski definition) is 4. The fraction of sp³-hybridized carbons (Fsp3) is 0.174. The highest BCUT2D eigenvalue weighted by Gasteiger charge is 2.32. The van der Waals surface area contributed by atoms with E-state index in [1.807, 2.05) is 0 Å². The Labute approximate surface area is 186 Å². The van der Waals surface area contributed by atoms with Crippen molar-refractivity contribution in [2.75, 3.05) is 6.61 Å². The number of aromatic carboxylic acids is 1. The number of carbonyl (C=O) groups is 1. The summed E-state index contributed by atoms with van der Waals surface area (Å²) < 4.78 is 28.3. The van der Waals surface area contributed by atoms with Crippen molar-refractivity contribution in [3.63, 3.8) is 0 Å². The molecule has 0 fully saturated rings. The monoisotopic (exact) mass is 459 g/mol. The molecule has 8 heteroatoms. The zero-order chi connectivity index (χ0) is 22.6. The Hall–Kier alpha value is -2.71. The normalized spacial score (nSPS) is 12.6. The lowest BCUT2D eigenvalue weighted by Gasteiger charge is -2.31. The number of halogens is 1. The van der Waals surface area contributed by atoms with Gasteiger partial charge in [0.05, 0.1) is 23.1 Å². The first-order valence-electron chi connectivity index (χ1n) is 9.50. The van der Waals surface area contributed by atoms with E-state index in [9.17, 15) is 23.4 Å². The number of rotatable bonds is 8. The van der Waals surface area contributed by atoms with Crippen LogP contribution in [0.15, 0.2) is 77.7 Å². The molecule has 0 bridgehead atoms. The third-order valence-corrected chi connectivity index (χ3v) is 7.16. The van der Waals surface area contributed by atoms with Crippen LogP contribution in [0, 0.1) is 6.92 Å². The maximum absolute atomic E-state index is 13.6. The molecule has 0 aromatic heterocycles. The molecule has 162 valence electrons. The topological polar surface area (TPSA) is 94.9 Å². The third kappa shape index (κ3) is 5.14. The van der Waals surface area contributed by atoms with E-state index in [1.165, 1.54) is 28.6 Å². The van der Waals surface area contributed by atoms with Gasteiger partial charge in [-0.25, -0.2) is 13.2 Å². The molecule has 1 unspecified atom stereocenters. The van der Waals surface area contributed by atoms with Gasteiger partial charge in [-0.2, -0.15) is 4.31 Å². The van der Waals surface area contributed by atoms with Crippen LogP contribution in [-0.4, -0.2) is 35.5 Å². The van der Waals surface area contributed by atoms with Crippen LogP contribution < -0.4 is 0 Å². The quantitative estimate of drug-likeness (QED) is 0.524. The van der Waals surface area contributed by atoms with Crippen molar-refractivity contribution in [1.82, 2.24) is 4.31 Å². The summed E-state index contributed by atoms with van der Waals surface area (Å²) in [5, 5.41) is 19.9. The molecular formula is C23H22ClNO5S. The van der Waals surface area contributed by atoms with Crippen molar-refractivity contribution in [2.24, 2.45) is 0 Å². The highest BCUT2D eigenvalue weighted by molar-refractivity contribution is 7.89. The minimum absolute atomic E-state index is 0.0448. The summed E-state index contributed by atoms with van der Waals surface area (Å²) in [6.07, 6.45) is 0. The lowest BCUT2D eigenvalue weighted by molar-refractivity contribution is 0.0696. The van der Waals surface area contributed by atoms with Gasteiger partial charge < -0.3 is 10.2 Å². The third-order valence-electron chi connectivity index (χ3n) is 5.04. The van der Waals surface area contributed by atoms with Crippen LogP contribution in [0.1, 0.15) is 33.1 Å². The number of aliphatic hydroxyl groups excluding tert-OH is 1. The molecule has 31 heavy (non-hydrogen) atoms. The number of hydrogen-bond donors (Lipinski definition) is 2. The number of carboxylic acid groups (broad SMARTS) is 1. The maximum Gasteiger partial charge on any atom is 0.335 e. The summed E-state index contributed by atoms with van der Waals surface area (Å²) in [7, 11) is -3.99. The molecule has 2 N–H and O–H groups in total. The standard InChI is InChI=1S/C23H22ClNO5S/c1-16-13-18(23(27)28)7-8-19(16)14-25(31(29,30)21-5-3-2-4-6-21)22(15-26)17-9-11-20(24)12-10-17/h2-13,22,26H,14-15H2,1H3,(H,27,28). The SMILES string of the molecule is Cc1cc(C(=O)O)ccc1CN(C(CO)c1ccc(Cl)cc1)S(=O)(=O)c1ccccc1. The van der Waals surface area contributed by atoms with Gasteiger partial charge in [-0.3, -0.25) is 0 Å². The Morgan fingerprint density at radius 2 is 1.68 bits per heavy atom. The summed E-state index contributed by atoms with van der Waals surface area (Å²) in [6.45, 7) is 1.24. The molecule has 6 nitrogen and oxygen atoms in total. The Kier molecular flexibility index (Phi) is 7.12. The highest BCUT2D eigenvalue weighted by Crippen LogP contribution is 2.31. The summed E-state index contributed by atoms with van der Waals surface area (Å²) >= 11 is 5.97. The Morgan fingerprint density at radius 1 is 1.03 bits per heavy atom. The average Bonchev–Trinajstić information content (AvgIpc) is 2.76. The van der Waals surface area contributed by atoms with E-state index in [0.717, 1.165) is 0 Å². The van der Waals surface area contributed by atoms with E-state index in [2.05, 4.69) is 0 Å². The Balaban J connectivity index is 2.10. The number of benzene rings is 3. The van der Waals surface area contributed by atoms with Crippen LogP contribution in [0.3, 0.4) is 0 Å². The summed E-state index contributed by atoms with van der Waals surface area (Å²) in [4.78, 5) is 11.3. The van der Waals surface area contributed by atoms with Gasteiger partial charge in [-0.15, -0.1) is 0 Å². The van der Waals surface area contributed by atoms with E-state index in [0.29, 0.717) is 21.7 Å². The largest absolute Gasteiger partial charge is 0.478 e. The van der Waals surface area contributed by atoms with Crippen LogP contribution in [0.25, 0.3) is 0 Å². The second kappa shape index (κ2) is 9.62. The van der Waals surface area contributed by atoms with E-state index >= 15 is 0 Å². The molecule has 0 heterocycles. The molecule has 3 aromatic carbocycles. The molecule has 0 radical (unpaired) electrons. The first-order chi connectivity index (χ1) is 14.7. The van der Waals surface area contributed by atoms with E-state index in [4.69, 9.17) is 11.6 Å². The van der Waals surface area contributed by atoms with Crippen LogP contribution in [0.5, 0.6) is 0 Å². The van der Waals surface area contributed by atoms with Gasteiger partial charge in [0.2, 0.25) is 10.0 Å². The Bertz CT molecular complexity index is 1160. The molecule has 3 rings (SSSR count). The van der Waals surface area contributed by atoms with Crippen molar-refractivity contribution >= 4 is 27.6 Å². The van der Waals surface area contributed by atoms with Gasteiger partial charge in [-0.05, 0) is 60.0 Å². The smallest absolute Gasteiger partial charge is 0.335 e. The molecule has 0 aliphatic rings. The fourth-order valence-corrected chi connectivity index (χ4v) is 5.04. The number of nitrogens with zero attached hydrogens (tertiary/aromatic N) is 1. The van der Waals surface area contributed by atoms with E-state index in [-0.39, 0.29) is 17.0 Å². The number of carboxylic acids is 1. The second-order valence-corrected chi connectivity index (χ2v) is 9.39. The molecule has 0 spiro atoms. The predicted octanol–water partition coefficient (Wildman–Crippen LogP) is 4.27. The summed E-state index contributed by atoms with van der Waals surface area (Å²) in [5.41, 5.74) is 1.99. The molecule has 0 amide bonds. The molecule has 1 atom stereocenters. The number of aliphatic hydroxyl groups is 1. The van der Waals surface area contributed by atoms with Crippen LogP contribution in [-0.2, 0) is 16.6 Å². The molecule has 0 saturated heterocycles. The lowest BCUT2D eigenvalue weighted by Crippen LogP contribution is -2.36. The first kappa shape index (κ1) is 23.0. The van der Waals surface area contributed by atoms with Crippen molar-refractivity contribution in [3.05, 3.63) is 100 Å². The molecule has 0 aliphatic carbocycles. The van der Waals surface area contributed by atoms with Gasteiger partial charge >= 0.3 is 5.97 Å². The van der Waals surface area contributed by atoms with Gasteiger partial charge in [0, 0.05) is 11.6 Å². The lowest BCUT2D eigenvalue weighted by atomic mass is 10.0. The molecule has 0 saturated carbocycles. The molecular weight excluding hydrogens is 438 g/mol. The van der Waals surface area contributed by atoms with Gasteiger partial charge in [0.15, 0.2) is 0 Å². The summed E-state index contributed by atoms with van der Waals surface area (Å²) in [5.74, 6) is -1.06. The van der Waals surface area contributed by atoms with Gasteiger partial charge in [0.1, 0.15) is 0 Å². The van der Waals surface area contributed by atoms with Gasteiger partial charge in [0.25, 0.3) is 0 Å².